The van der Waals surface area contributed by atoms with Crippen molar-refractivity contribution in [1.29, 1.82) is 0 Å². The van der Waals surface area contributed by atoms with Crippen LogP contribution in [0.3, 0.4) is 0 Å². The lowest BCUT2D eigenvalue weighted by Gasteiger charge is -2.22. The topological polar surface area (TPSA) is 6.48 Å². The van der Waals surface area contributed by atoms with Gasteiger partial charge in [-0.15, -0.1) is 23.5 Å². The minimum atomic E-state index is 0.946. The molecule has 6 aromatic carbocycles. The Balaban J connectivity index is 1.20. The average molecular weight is 499 g/mol. The summed E-state index contributed by atoms with van der Waals surface area (Å²) in [6, 6.07) is 40.3. The number of thioether (sulfide) groups is 2. The minimum absolute atomic E-state index is 0.946. The van der Waals surface area contributed by atoms with Crippen molar-refractivity contribution in [3.05, 3.63) is 109 Å². The number of anilines is 4. The van der Waals surface area contributed by atoms with Gasteiger partial charge in [-0.1, -0.05) is 72.8 Å². The van der Waals surface area contributed by atoms with Gasteiger partial charge in [-0.3, -0.25) is 0 Å². The molecule has 0 fully saturated rings. The molecule has 36 heavy (non-hydrogen) atoms. The molecular formula is C32H22N2S2. The van der Waals surface area contributed by atoms with Crippen LogP contribution in [0.4, 0.5) is 22.7 Å². The van der Waals surface area contributed by atoms with Gasteiger partial charge in [-0.2, -0.15) is 0 Å². The molecule has 0 atom stereocenters. The van der Waals surface area contributed by atoms with Gasteiger partial charge < -0.3 is 9.80 Å². The van der Waals surface area contributed by atoms with Crippen LogP contribution in [0.5, 0.6) is 0 Å². The maximum absolute atomic E-state index is 2.47. The largest absolute Gasteiger partial charge is 0.330 e. The van der Waals surface area contributed by atoms with E-state index in [0.29, 0.717) is 0 Å². The Hall–Kier alpha value is -3.60. The van der Waals surface area contributed by atoms with Crippen molar-refractivity contribution in [2.45, 2.75) is 9.79 Å². The standard InChI is InChI=1S/C32H22N2S2/c1-3-7-27-21(5-1)11-15-29-31(27)33(19-35-29)25-13-9-24-18-26(14-10-23(24)17-25)34-20-36-30-16-12-22-6-2-4-8-28(22)32(30)34/h1-18H,19-20H2. The van der Waals surface area contributed by atoms with E-state index in [1.54, 1.807) is 0 Å². The maximum Gasteiger partial charge on any atom is 0.0736 e. The van der Waals surface area contributed by atoms with E-state index in [9.17, 15) is 0 Å². The summed E-state index contributed by atoms with van der Waals surface area (Å²) >= 11 is 3.84. The number of rotatable bonds is 2. The molecule has 0 N–H and O–H groups in total. The van der Waals surface area contributed by atoms with Gasteiger partial charge in [0, 0.05) is 31.9 Å². The van der Waals surface area contributed by atoms with E-state index in [0.717, 1.165) is 11.8 Å². The summed E-state index contributed by atoms with van der Waals surface area (Å²) in [5, 5.41) is 7.80. The van der Waals surface area contributed by atoms with Crippen LogP contribution in [0.1, 0.15) is 0 Å². The molecule has 0 saturated heterocycles. The van der Waals surface area contributed by atoms with Crippen molar-refractivity contribution in [1.82, 2.24) is 0 Å². The highest BCUT2D eigenvalue weighted by Gasteiger charge is 2.25. The van der Waals surface area contributed by atoms with Crippen LogP contribution < -0.4 is 9.80 Å². The van der Waals surface area contributed by atoms with Crippen LogP contribution in [-0.4, -0.2) is 11.8 Å². The van der Waals surface area contributed by atoms with Crippen LogP contribution in [0.15, 0.2) is 119 Å². The number of nitrogens with zero attached hydrogens (tertiary/aromatic N) is 2. The van der Waals surface area contributed by atoms with E-state index in [2.05, 4.69) is 119 Å². The first-order chi connectivity index (χ1) is 17.8. The third-order valence-corrected chi connectivity index (χ3v) is 9.45. The monoisotopic (exact) mass is 498 g/mol. The van der Waals surface area contributed by atoms with Crippen molar-refractivity contribution < 1.29 is 0 Å². The molecule has 2 heterocycles. The van der Waals surface area contributed by atoms with Crippen molar-refractivity contribution in [2.24, 2.45) is 0 Å². The van der Waals surface area contributed by atoms with Gasteiger partial charge in [0.1, 0.15) is 0 Å². The Morgan fingerprint density at radius 2 is 0.889 bits per heavy atom. The SMILES string of the molecule is c1ccc2c3c(ccc2c1)SCN3c1ccc2cc(N3CSc4ccc5ccccc5c43)ccc2c1. The highest BCUT2D eigenvalue weighted by atomic mass is 32.2. The highest BCUT2D eigenvalue weighted by molar-refractivity contribution is 8.00. The summed E-state index contributed by atoms with van der Waals surface area (Å²) in [5.74, 6) is 1.89. The van der Waals surface area contributed by atoms with Gasteiger partial charge >= 0.3 is 0 Å². The first kappa shape index (κ1) is 20.6. The van der Waals surface area contributed by atoms with Crippen molar-refractivity contribution in [3.63, 3.8) is 0 Å². The molecule has 0 radical (unpaired) electrons. The van der Waals surface area contributed by atoms with E-state index >= 15 is 0 Å². The molecule has 0 unspecified atom stereocenters. The molecule has 172 valence electrons. The van der Waals surface area contributed by atoms with Crippen molar-refractivity contribution in [3.8, 4) is 0 Å². The number of fused-ring (bicyclic) bond motifs is 7. The fourth-order valence-electron chi connectivity index (χ4n) is 5.62. The van der Waals surface area contributed by atoms with Gasteiger partial charge in [0.25, 0.3) is 0 Å². The van der Waals surface area contributed by atoms with Gasteiger partial charge in [-0.05, 0) is 57.9 Å². The summed E-state index contributed by atoms with van der Waals surface area (Å²) in [6.07, 6.45) is 0. The third kappa shape index (κ3) is 3.08. The van der Waals surface area contributed by atoms with Crippen molar-refractivity contribution >= 4 is 78.6 Å². The smallest absolute Gasteiger partial charge is 0.0736 e. The molecule has 8 rings (SSSR count). The third-order valence-electron chi connectivity index (χ3n) is 7.40. The quantitative estimate of drug-likeness (QED) is 0.234. The molecule has 0 saturated carbocycles. The maximum atomic E-state index is 2.47. The Morgan fingerprint density at radius 3 is 1.39 bits per heavy atom. The summed E-state index contributed by atoms with van der Waals surface area (Å²) in [4.78, 5) is 7.66. The zero-order valence-corrected chi connectivity index (χ0v) is 21.2. The molecule has 2 aliphatic heterocycles. The van der Waals surface area contributed by atoms with Gasteiger partial charge in [0.05, 0.1) is 23.1 Å². The zero-order valence-electron chi connectivity index (χ0n) is 19.5. The van der Waals surface area contributed by atoms with E-state index in [1.165, 1.54) is 64.9 Å². The molecule has 2 nitrogen and oxygen atoms in total. The fraction of sp³-hybridized carbons (Fsp3) is 0.0625. The van der Waals surface area contributed by atoms with E-state index in [4.69, 9.17) is 0 Å². The summed E-state index contributed by atoms with van der Waals surface area (Å²) in [5.41, 5.74) is 5.19. The molecular weight excluding hydrogens is 477 g/mol. The number of benzene rings is 6. The second kappa shape index (κ2) is 7.95. The highest BCUT2D eigenvalue weighted by Crippen LogP contribution is 2.49. The van der Waals surface area contributed by atoms with Gasteiger partial charge in [0.15, 0.2) is 0 Å². The molecule has 0 spiro atoms. The van der Waals surface area contributed by atoms with E-state index < -0.39 is 0 Å². The van der Waals surface area contributed by atoms with Crippen molar-refractivity contribution in [2.75, 3.05) is 21.6 Å². The predicted octanol–water partition coefficient (Wildman–Crippen LogP) is 9.55. The van der Waals surface area contributed by atoms with Crippen LogP contribution in [0.25, 0.3) is 32.3 Å². The Morgan fingerprint density at radius 1 is 0.444 bits per heavy atom. The lowest BCUT2D eigenvalue weighted by molar-refractivity contribution is 1.19. The molecule has 2 aliphatic rings. The molecule has 4 heteroatoms. The van der Waals surface area contributed by atoms with E-state index in [1.807, 2.05) is 23.5 Å². The van der Waals surface area contributed by atoms with Crippen LogP contribution >= 0.6 is 23.5 Å². The summed E-state index contributed by atoms with van der Waals surface area (Å²) in [6.45, 7) is 0. The Labute approximate surface area is 218 Å². The predicted molar refractivity (Wildman–Crippen MR) is 158 cm³/mol. The zero-order chi connectivity index (χ0) is 23.6. The van der Waals surface area contributed by atoms with Crippen LogP contribution in [0.2, 0.25) is 0 Å². The Bertz CT molecular complexity index is 1690. The molecule has 0 aliphatic carbocycles. The number of hydrogen-bond donors (Lipinski definition) is 0. The van der Waals surface area contributed by atoms with E-state index in [-0.39, 0.29) is 0 Å². The first-order valence-electron chi connectivity index (χ1n) is 12.2. The number of hydrogen-bond acceptors (Lipinski definition) is 4. The Kier molecular flexibility index (Phi) is 4.55. The normalized spacial score (nSPS) is 14.7. The lowest BCUT2D eigenvalue weighted by Crippen LogP contribution is -2.12. The first-order valence-corrected chi connectivity index (χ1v) is 14.2. The second-order valence-electron chi connectivity index (χ2n) is 9.39. The molecule has 0 bridgehead atoms. The second-order valence-corrected chi connectivity index (χ2v) is 11.4. The van der Waals surface area contributed by atoms with Crippen LogP contribution in [0, 0.1) is 0 Å². The van der Waals surface area contributed by atoms with Gasteiger partial charge in [0.2, 0.25) is 0 Å². The molecule has 0 amide bonds. The summed E-state index contributed by atoms with van der Waals surface area (Å²) < 4.78 is 0. The molecule has 0 aromatic heterocycles. The minimum Gasteiger partial charge on any atom is -0.330 e. The van der Waals surface area contributed by atoms with Gasteiger partial charge in [-0.25, -0.2) is 0 Å². The van der Waals surface area contributed by atoms with Crippen LogP contribution in [-0.2, 0) is 0 Å². The lowest BCUT2D eigenvalue weighted by atomic mass is 10.0. The fourth-order valence-corrected chi connectivity index (χ4v) is 7.76. The average Bonchev–Trinajstić information content (AvgIpc) is 3.58. The molecule has 6 aromatic rings. The summed E-state index contributed by atoms with van der Waals surface area (Å²) in [7, 11) is 0.